The van der Waals surface area contributed by atoms with Crippen LogP contribution < -0.4 is 11.1 Å². The summed E-state index contributed by atoms with van der Waals surface area (Å²) in [5.74, 6) is 1.01. The highest BCUT2D eigenvalue weighted by Crippen LogP contribution is 2.44. The lowest BCUT2D eigenvalue weighted by Crippen LogP contribution is -2.53. The Balaban J connectivity index is 1.48. The summed E-state index contributed by atoms with van der Waals surface area (Å²) < 4.78 is 0. The molecule has 1 aromatic carbocycles. The van der Waals surface area contributed by atoms with E-state index in [0.717, 1.165) is 10.8 Å². The normalized spacial score (nSPS) is 33.1. The molecule has 1 saturated heterocycles. The lowest BCUT2D eigenvalue weighted by atomic mass is 9.83. The zero-order valence-electron chi connectivity index (χ0n) is 19.0. The average Bonchev–Trinajstić information content (AvgIpc) is 3.47. The molecule has 3 aliphatic rings. The van der Waals surface area contributed by atoms with Crippen LogP contribution in [-0.2, 0) is 4.79 Å². The van der Waals surface area contributed by atoms with Gasteiger partial charge in [-0.15, -0.1) is 35.3 Å². The van der Waals surface area contributed by atoms with Gasteiger partial charge in [0.15, 0.2) is 5.54 Å². The number of carboxylic acids is 1. The van der Waals surface area contributed by atoms with Crippen molar-refractivity contribution in [1.82, 2.24) is 5.32 Å². The van der Waals surface area contributed by atoms with Crippen molar-refractivity contribution in [2.24, 2.45) is 15.4 Å². The molecule has 0 aromatic heterocycles. The zero-order valence-corrected chi connectivity index (χ0v) is 21.5. The molecule has 0 amide bonds. The Morgan fingerprint density at radius 1 is 1.27 bits per heavy atom. The third kappa shape index (κ3) is 4.50. The number of phenolic OH excluding ortho intramolecular Hbond substituents is 1. The van der Waals surface area contributed by atoms with Gasteiger partial charge < -0.3 is 21.1 Å². The highest BCUT2D eigenvalue weighted by atomic mass is 32.2. The molecular formula is C22H30N4O4S3. The Labute approximate surface area is 206 Å². The molecule has 0 saturated carbocycles. The molecule has 1 fully saturated rings. The van der Waals surface area contributed by atoms with Gasteiger partial charge in [0.1, 0.15) is 10.8 Å². The van der Waals surface area contributed by atoms with Crippen LogP contribution in [0.25, 0.3) is 0 Å². The van der Waals surface area contributed by atoms with Crippen molar-refractivity contribution in [2.45, 2.75) is 56.3 Å². The molecule has 0 spiro atoms. The number of aromatic hydroxyl groups is 1. The maximum absolute atomic E-state index is 11.6. The summed E-state index contributed by atoms with van der Waals surface area (Å²) in [5.41, 5.74) is 4.70. The predicted octanol–water partition coefficient (Wildman–Crippen LogP) is 2.63. The standard InChI is InChI=1S/C22H30N4O4S3/c1-20(2,17-26-22(4,10-33-17)19(29)30)15(28)13-8-31-18(24-13)21(3)9-32-16(25-21)12-6-5-11(23)7-14(12)27/h5-7,13,15,18,24,27-28H,8-10,23H2,1-4H3,(H,29,30)/t13?,15-,18?,21-,22-/m1/s1. The second-order valence-electron chi connectivity index (χ2n) is 9.78. The van der Waals surface area contributed by atoms with Crippen LogP contribution in [0.1, 0.15) is 33.3 Å². The van der Waals surface area contributed by atoms with E-state index in [9.17, 15) is 20.1 Å². The first-order chi connectivity index (χ1) is 15.4. The van der Waals surface area contributed by atoms with Crippen LogP contribution >= 0.6 is 35.3 Å². The van der Waals surface area contributed by atoms with E-state index in [2.05, 4.69) is 17.2 Å². The van der Waals surface area contributed by atoms with Crippen LogP contribution in [-0.4, -0.2) is 77.2 Å². The summed E-state index contributed by atoms with van der Waals surface area (Å²) in [5, 5.41) is 36.1. The number of aliphatic hydroxyl groups is 1. The van der Waals surface area contributed by atoms with Gasteiger partial charge in [-0.05, 0) is 26.0 Å². The fourth-order valence-corrected chi connectivity index (χ4v) is 8.29. The highest BCUT2D eigenvalue weighted by Gasteiger charge is 2.50. The molecule has 180 valence electrons. The molecule has 5 atom stereocenters. The Morgan fingerprint density at radius 2 is 2.00 bits per heavy atom. The Hall–Kier alpha value is -1.40. The van der Waals surface area contributed by atoms with Crippen molar-refractivity contribution in [2.75, 3.05) is 23.0 Å². The lowest BCUT2D eigenvalue weighted by molar-refractivity contribution is -0.141. The topological polar surface area (TPSA) is 141 Å². The Kier molecular flexibility index (Phi) is 6.50. The van der Waals surface area contributed by atoms with Crippen LogP contribution in [0.4, 0.5) is 5.69 Å². The Morgan fingerprint density at radius 3 is 2.64 bits per heavy atom. The van der Waals surface area contributed by atoms with Crippen molar-refractivity contribution in [3.63, 3.8) is 0 Å². The largest absolute Gasteiger partial charge is 0.507 e. The number of aliphatic imine (C=N–C) groups is 2. The zero-order chi connectivity index (χ0) is 24.2. The predicted molar refractivity (Wildman–Crippen MR) is 139 cm³/mol. The van der Waals surface area contributed by atoms with E-state index in [1.165, 1.54) is 17.8 Å². The molecule has 1 aromatic rings. The molecule has 3 aliphatic heterocycles. The number of benzene rings is 1. The van der Waals surface area contributed by atoms with E-state index in [4.69, 9.17) is 10.7 Å². The molecular weight excluding hydrogens is 480 g/mol. The number of aliphatic hydroxyl groups excluding tert-OH is 1. The minimum Gasteiger partial charge on any atom is -0.507 e. The SMILES string of the molecule is CC(C)(C1=N[C@@](C)(C(=O)O)CS1)[C@H](O)C1CSC([C@@]2(C)CSC(c3ccc(N)cc3O)=N2)N1. The number of phenols is 1. The lowest BCUT2D eigenvalue weighted by Gasteiger charge is -2.35. The number of hydrogen-bond acceptors (Lipinski definition) is 10. The van der Waals surface area contributed by atoms with Crippen LogP contribution in [0.5, 0.6) is 5.75 Å². The number of thioether (sulfide) groups is 3. The number of nitrogens with two attached hydrogens (primary N) is 1. The van der Waals surface area contributed by atoms with Crippen molar-refractivity contribution in [3.05, 3.63) is 23.8 Å². The molecule has 4 rings (SSSR count). The molecule has 2 unspecified atom stereocenters. The van der Waals surface area contributed by atoms with E-state index in [1.807, 2.05) is 13.8 Å². The van der Waals surface area contributed by atoms with Gasteiger partial charge in [-0.1, -0.05) is 13.8 Å². The van der Waals surface area contributed by atoms with E-state index < -0.39 is 28.6 Å². The molecule has 6 N–H and O–H groups in total. The van der Waals surface area contributed by atoms with Gasteiger partial charge >= 0.3 is 5.97 Å². The number of nitrogens with zero attached hydrogens (tertiary/aromatic N) is 2. The maximum atomic E-state index is 11.6. The Bertz CT molecular complexity index is 1030. The van der Waals surface area contributed by atoms with E-state index in [-0.39, 0.29) is 17.2 Å². The first-order valence-electron chi connectivity index (χ1n) is 10.7. The second kappa shape index (κ2) is 8.67. The molecule has 0 bridgehead atoms. The van der Waals surface area contributed by atoms with Crippen molar-refractivity contribution >= 4 is 57.0 Å². The maximum Gasteiger partial charge on any atom is 0.332 e. The number of rotatable bonds is 6. The van der Waals surface area contributed by atoms with Gasteiger partial charge in [-0.3, -0.25) is 15.3 Å². The summed E-state index contributed by atoms with van der Waals surface area (Å²) >= 11 is 4.74. The number of nitrogens with one attached hydrogen (secondary N) is 1. The van der Waals surface area contributed by atoms with Crippen LogP contribution in [0.3, 0.4) is 0 Å². The third-order valence-corrected chi connectivity index (χ3v) is 10.9. The van der Waals surface area contributed by atoms with Crippen molar-refractivity contribution in [3.8, 4) is 5.75 Å². The number of anilines is 1. The fraction of sp³-hybridized carbons (Fsp3) is 0.591. The fourth-order valence-electron chi connectivity index (χ4n) is 4.11. The average molecular weight is 511 g/mol. The van der Waals surface area contributed by atoms with Crippen LogP contribution in [0, 0.1) is 5.41 Å². The van der Waals surface area contributed by atoms with Gasteiger partial charge in [0.2, 0.25) is 0 Å². The minimum atomic E-state index is -1.15. The van der Waals surface area contributed by atoms with Gasteiger partial charge in [-0.2, -0.15) is 0 Å². The van der Waals surface area contributed by atoms with Gasteiger partial charge in [-0.25, -0.2) is 4.79 Å². The third-order valence-electron chi connectivity index (χ3n) is 6.45. The minimum absolute atomic E-state index is 0.00340. The van der Waals surface area contributed by atoms with Crippen molar-refractivity contribution < 1.29 is 20.1 Å². The monoisotopic (exact) mass is 510 g/mol. The van der Waals surface area contributed by atoms with Crippen LogP contribution in [0.15, 0.2) is 28.2 Å². The molecule has 8 nitrogen and oxygen atoms in total. The smallest absolute Gasteiger partial charge is 0.332 e. The van der Waals surface area contributed by atoms with Gasteiger partial charge in [0.05, 0.1) is 22.1 Å². The van der Waals surface area contributed by atoms with Gasteiger partial charge in [0, 0.05) is 46.0 Å². The van der Waals surface area contributed by atoms with Crippen LogP contribution in [0.2, 0.25) is 0 Å². The van der Waals surface area contributed by atoms with E-state index >= 15 is 0 Å². The number of nitrogen functional groups attached to an aromatic ring is 1. The molecule has 0 radical (unpaired) electrons. The summed E-state index contributed by atoms with van der Waals surface area (Å²) in [6, 6.07) is 4.90. The summed E-state index contributed by atoms with van der Waals surface area (Å²) in [6.07, 6.45) is -0.736. The molecule has 0 aliphatic carbocycles. The highest BCUT2D eigenvalue weighted by molar-refractivity contribution is 8.15. The number of carbonyl (C=O) groups is 1. The first kappa shape index (κ1) is 24.7. The number of hydrogen-bond donors (Lipinski definition) is 5. The summed E-state index contributed by atoms with van der Waals surface area (Å²) in [6.45, 7) is 7.54. The number of carboxylic acid groups (broad SMARTS) is 1. The molecule has 33 heavy (non-hydrogen) atoms. The van der Waals surface area contributed by atoms with E-state index in [1.54, 1.807) is 42.6 Å². The van der Waals surface area contributed by atoms with Gasteiger partial charge in [0.25, 0.3) is 0 Å². The summed E-state index contributed by atoms with van der Waals surface area (Å²) in [4.78, 5) is 21.0. The quantitative estimate of drug-likeness (QED) is 0.365. The van der Waals surface area contributed by atoms with Crippen molar-refractivity contribution in [1.29, 1.82) is 0 Å². The summed E-state index contributed by atoms with van der Waals surface area (Å²) in [7, 11) is 0. The second-order valence-corrected chi connectivity index (χ2v) is 12.8. The molecule has 3 heterocycles. The first-order valence-corrected chi connectivity index (χ1v) is 13.7. The molecule has 11 heteroatoms. The van der Waals surface area contributed by atoms with E-state index in [0.29, 0.717) is 27.8 Å². The number of aliphatic carboxylic acids is 1.